The van der Waals surface area contributed by atoms with Crippen LogP contribution in [0.4, 0.5) is 0 Å². The summed E-state index contributed by atoms with van der Waals surface area (Å²) < 4.78 is 4.31. The Hall–Kier alpha value is -1.65. The molecule has 5 heteroatoms. The van der Waals surface area contributed by atoms with E-state index >= 15 is 0 Å². The molecule has 0 saturated heterocycles. The van der Waals surface area contributed by atoms with Crippen LogP contribution in [-0.4, -0.2) is 24.3 Å². The summed E-state index contributed by atoms with van der Waals surface area (Å²) in [6, 6.07) is 0.542. The second-order valence-electron chi connectivity index (χ2n) is 5.24. The van der Waals surface area contributed by atoms with E-state index in [9.17, 15) is 0 Å². The molecule has 0 amide bonds. The molecule has 1 aliphatic carbocycles. The van der Waals surface area contributed by atoms with Gasteiger partial charge in [0, 0.05) is 18.8 Å². The fourth-order valence-corrected chi connectivity index (χ4v) is 2.97. The van der Waals surface area contributed by atoms with E-state index in [-0.39, 0.29) is 0 Å². The Morgan fingerprint density at radius 2 is 2.00 bits per heavy atom. The largest absolute Gasteiger partial charge is 0.327 e. The minimum atomic E-state index is 0.542. The standard InChI is InChI=1S/C14H21N5/c1-2-13-15-8-9-18(13)10-14-16-11-17-19(14)12-6-4-3-5-7-12/h8-9,11-12H,2-7,10H2,1H3. The van der Waals surface area contributed by atoms with Gasteiger partial charge in [0.15, 0.2) is 0 Å². The minimum Gasteiger partial charge on any atom is -0.327 e. The molecule has 19 heavy (non-hydrogen) atoms. The van der Waals surface area contributed by atoms with E-state index in [1.54, 1.807) is 6.33 Å². The summed E-state index contributed by atoms with van der Waals surface area (Å²) >= 11 is 0. The van der Waals surface area contributed by atoms with Crippen molar-refractivity contribution >= 4 is 0 Å². The van der Waals surface area contributed by atoms with E-state index in [0.717, 1.165) is 24.6 Å². The SMILES string of the molecule is CCc1nccn1Cc1ncnn1C1CCCCC1. The molecular formula is C14H21N5. The molecule has 0 aliphatic heterocycles. The van der Waals surface area contributed by atoms with Crippen molar-refractivity contribution in [3.63, 3.8) is 0 Å². The molecule has 0 N–H and O–H groups in total. The zero-order valence-corrected chi connectivity index (χ0v) is 11.5. The predicted octanol–water partition coefficient (Wildman–Crippen LogP) is 2.59. The number of aryl methyl sites for hydroxylation is 1. The van der Waals surface area contributed by atoms with E-state index < -0.39 is 0 Å². The Bertz CT molecular complexity index is 521. The van der Waals surface area contributed by atoms with Gasteiger partial charge in [-0.05, 0) is 12.8 Å². The predicted molar refractivity (Wildman–Crippen MR) is 72.9 cm³/mol. The number of nitrogens with zero attached hydrogens (tertiary/aromatic N) is 5. The lowest BCUT2D eigenvalue weighted by atomic mass is 9.95. The first kappa shape index (κ1) is 12.4. The lowest BCUT2D eigenvalue weighted by Crippen LogP contribution is -2.18. The van der Waals surface area contributed by atoms with Gasteiger partial charge in [0.1, 0.15) is 18.0 Å². The first-order valence-electron chi connectivity index (χ1n) is 7.27. The maximum Gasteiger partial charge on any atom is 0.147 e. The van der Waals surface area contributed by atoms with Crippen LogP contribution in [-0.2, 0) is 13.0 Å². The van der Waals surface area contributed by atoms with Crippen LogP contribution in [0.2, 0.25) is 0 Å². The van der Waals surface area contributed by atoms with Crippen molar-refractivity contribution in [1.29, 1.82) is 0 Å². The summed E-state index contributed by atoms with van der Waals surface area (Å²) in [5.74, 6) is 2.16. The zero-order chi connectivity index (χ0) is 13.1. The average Bonchev–Trinajstić information content (AvgIpc) is 3.09. The molecule has 1 fully saturated rings. The molecule has 2 aromatic rings. The van der Waals surface area contributed by atoms with Crippen LogP contribution >= 0.6 is 0 Å². The maximum absolute atomic E-state index is 4.45. The highest BCUT2D eigenvalue weighted by Gasteiger charge is 2.19. The third-order valence-corrected chi connectivity index (χ3v) is 4.00. The van der Waals surface area contributed by atoms with Crippen LogP contribution in [0.1, 0.15) is 56.7 Å². The lowest BCUT2D eigenvalue weighted by Gasteiger charge is -2.23. The van der Waals surface area contributed by atoms with E-state index in [0.29, 0.717) is 6.04 Å². The fourth-order valence-electron chi connectivity index (χ4n) is 2.97. The van der Waals surface area contributed by atoms with Crippen molar-refractivity contribution in [2.75, 3.05) is 0 Å². The van der Waals surface area contributed by atoms with Crippen molar-refractivity contribution in [3.8, 4) is 0 Å². The van der Waals surface area contributed by atoms with Crippen LogP contribution < -0.4 is 0 Å². The highest BCUT2D eigenvalue weighted by molar-refractivity contribution is 4.98. The van der Waals surface area contributed by atoms with Crippen LogP contribution in [0.5, 0.6) is 0 Å². The molecule has 1 saturated carbocycles. The highest BCUT2D eigenvalue weighted by atomic mass is 15.4. The molecule has 5 nitrogen and oxygen atoms in total. The molecular weight excluding hydrogens is 238 g/mol. The van der Waals surface area contributed by atoms with Gasteiger partial charge in [-0.1, -0.05) is 26.2 Å². The molecule has 0 atom stereocenters. The normalized spacial score (nSPS) is 16.9. The first-order chi connectivity index (χ1) is 9.38. The molecule has 1 aliphatic rings. The van der Waals surface area contributed by atoms with Gasteiger partial charge < -0.3 is 4.57 Å². The van der Waals surface area contributed by atoms with Gasteiger partial charge in [-0.2, -0.15) is 5.10 Å². The number of hydrogen-bond acceptors (Lipinski definition) is 3. The van der Waals surface area contributed by atoms with Gasteiger partial charge >= 0.3 is 0 Å². The fraction of sp³-hybridized carbons (Fsp3) is 0.643. The van der Waals surface area contributed by atoms with E-state index in [1.807, 2.05) is 12.4 Å². The topological polar surface area (TPSA) is 48.5 Å². The smallest absolute Gasteiger partial charge is 0.147 e. The van der Waals surface area contributed by atoms with Crippen LogP contribution in [0, 0.1) is 0 Å². The van der Waals surface area contributed by atoms with E-state index in [4.69, 9.17) is 0 Å². The Morgan fingerprint density at radius 3 is 2.79 bits per heavy atom. The number of aromatic nitrogens is 5. The third-order valence-electron chi connectivity index (χ3n) is 4.00. The summed E-state index contributed by atoms with van der Waals surface area (Å²) in [6.07, 6.45) is 13.0. The lowest BCUT2D eigenvalue weighted by molar-refractivity contribution is 0.319. The molecule has 0 bridgehead atoms. The van der Waals surface area contributed by atoms with E-state index in [1.165, 1.54) is 32.1 Å². The molecule has 2 heterocycles. The summed E-state index contributed by atoms with van der Waals surface area (Å²) in [4.78, 5) is 8.81. The van der Waals surface area contributed by atoms with Gasteiger partial charge in [-0.15, -0.1) is 0 Å². The van der Waals surface area contributed by atoms with Crippen LogP contribution in [0.15, 0.2) is 18.7 Å². The Kier molecular flexibility index (Phi) is 3.62. The molecule has 102 valence electrons. The Balaban J connectivity index is 1.80. The van der Waals surface area contributed by atoms with Gasteiger partial charge in [0.05, 0.1) is 12.6 Å². The number of rotatable bonds is 4. The van der Waals surface area contributed by atoms with Gasteiger partial charge in [0.2, 0.25) is 0 Å². The molecule has 0 aromatic carbocycles. The summed E-state index contributed by atoms with van der Waals surface area (Å²) in [7, 11) is 0. The highest BCUT2D eigenvalue weighted by Crippen LogP contribution is 2.28. The van der Waals surface area contributed by atoms with Gasteiger partial charge in [0.25, 0.3) is 0 Å². The molecule has 3 rings (SSSR count). The number of imidazole rings is 1. The quantitative estimate of drug-likeness (QED) is 0.848. The second-order valence-corrected chi connectivity index (χ2v) is 5.24. The Morgan fingerprint density at radius 1 is 1.16 bits per heavy atom. The molecule has 0 spiro atoms. The zero-order valence-electron chi connectivity index (χ0n) is 11.5. The summed E-state index contributed by atoms with van der Waals surface area (Å²) in [5.41, 5.74) is 0. The Labute approximate surface area is 113 Å². The first-order valence-corrected chi connectivity index (χ1v) is 7.27. The monoisotopic (exact) mass is 259 g/mol. The average molecular weight is 259 g/mol. The van der Waals surface area contributed by atoms with E-state index in [2.05, 4.69) is 31.2 Å². The van der Waals surface area contributed by atoms with Crippen molar-refractivity contribution < 1.29 is 0 Å². The summed E-state index contributed by atoms with van der Waals surface area (Å²) in [6.45, 7) is 2.91. The molecule has 0 radical (unpaired) electrons. The summed E-state index contributed by atoms with van der Waals surface area (Å²) in [5, 5.41) is 4.45. The van der Waals surface area contributed by atoms with Crippen LogP contribution in [0.25, 0.3) is 0 Å². The van der Waals surface area contributed by atoms with Crippen molar-refractivity contribution in [2.45, 2.75) is 58.0 Å². The molecule has 0 unspecified atom stereocenters. The molecule has 2 aromatic heterocycles. The van der Waals surface area contributed by atoms with Crippen molar-refractivity contribution in [2.24, 2.45) is 0 Å². The van der Waals surface area contributed by atoms with Crippen molar-refractivity contribution in [3.05, 3.63) is 30.4 Å². The minimum absolute atomic E-state index is 0.542. The van der Waals surface area contributed by atoms with Gasteiger partial charge in [-0.3, -0.25) is 0 Å². The third kappa shape index (κ3) is 2.55. The number of hydrogen-bond donors (Lipinski definition) is 0. The van der Waals surface area contributed by atoms with Crippen LogP contribution in [0.3, 0.4) is 0 Å². The second kappa shape index (κ2) is 5.55. The maximum atomic E-state index is 4.45. The van der Waals surface area contributed by atoms with Gasteiger partial charge in [-0.25, -0.2) is 14.6 Å². The van der Waals surface area contributed by atoms with Crippen molar-refractivity contribution in [1.82, 2.24) is 24.3 Å².